The van der Waals surface area contributed by atoms with Crippen LogP contribution in [-0.4, -0.2) is 29.3 Å². The largest absolute Gasteiger partial charge is 0.379 e. The van der Waals surface area contributed by atoms with Crippen molar-refractivity contribution in [3.8, 4) is 6.07 Å². The van der Waals surface area contributed by atoms with Crippen molar-refractivity contribution >= 4 is 28.9 Å². The molecule has 7 nitrogen and oxygen atoms in total. The van der Waals surface area contributed by atoms with Crippen molar-refractivity contribution in [1.29, 1.82) is 5.26 Å². The van der Waals surface area contributed by atoms with E-state index in [2.05, 4.69) is 5.32 Å². The maximum atomic E-state index is 12.1. The first-order chi connectivity index (χ1) is 10.9. The summed E-state index contributed by atoms with van der Waals surface area (Å²) in [5, 5.41) is 22.5. The fourth-order valence-electron chi connectivity index (χ4n) is 1.74. The zero-order chi connectivity index (χ0) is 17.4. The van der Waals surface area contributed by atoms with Gasteiger partial charge in [0.15, 0.2) is 0 Å². The van der Waals surface area contributed by atoms with Crippen LogP contribution in [-0.2, 0) is 4.79 Å². The summed E-state index contributed by atoms with van der Waals surface area (Å²) in [6.45, 7) is 2.76. The molecule has 122 valence electrons. The van der Waals surface area contributed by atoms with Crippen LogP contribution in [0.25, 0.3) is 0 Å². The van der Waals surface area contributed by atoms with E-state index in [1.165, 1.54) is 18.3 Å². The molecule has 1 aromatic rings. The molecule has 0 unspecified atom stereocenters. The van der Waals surface area contributed by atoms with Crippen molar-refractivity contribution in [1.82, 2.24) is 4.90 Å². The summed E-state index contributed by atoms with van der Waals surface area (Å²) in [5.41, 5.74) is -0.221. The highest BCUT2D eigenvalue weighted by molar-refractivity contribution is 6.34. The summed E-state index contributed by atoms with van der Waals surface area (Å²) in [6.07, 6.45) is 3.37. The van der Waals surface area contributed by atoms with Crippen LogP contribution in [0.4, 0.5) is 11.4 Å². The van der Waals surface area contributed by atoms with Crippen molar-refractivity contribution in [2.24, 2.45) is 0 Å². The molecule has 0 aliphatic carbocycles. The standard InChI is InChI=1S/C15H17ClN4O3/c1-3-4-7-19(2)10-11(9-17)15(21)18-14-8-12(20(22)23)5-6-13(14)16/h5-6,8,10H,3-4,7H2,1-2H3,(H,18,21)/b11-10-. The highest BCUT2D eigenvalue weighted by Gasteiger charge is 2.15. The molecule has 0 fully saturated rings. The lowest BCUT2D eigenvalue weighted by molar-refractivity contribution is -0.384. The summed E-state index contributed by atoms with van der Waals surface area (Å²) in [5.74, 6) is -0.668. The van der Waals surface area contributed by atoms with Gasteiger partial charge in [-0.05, 0) is 12.5 Å². The smallest absolute Gasteiger partial charge is 0.271 e. The van der Waals surface area contributed by atoms with Crippen LogP contribution in [0, 0.1) is 21.4 Å². The molecule has 0 spiro atoms. The molecule has 0 aliphatic rings. The lowest BCUT2D eigenvalue weighted by Crippen LogP contribution is -2.19. The topological polar surface area (TPSA) is 99.3 Å². The number of halogens is 1. The summed E-state index contributed by atoms with van der Waals surface area (Å²) in [7, 11) is 1.76. The number of nitrogens with one attached hydrogen (secondary N) is 1. The number of anilines is 1. The van der Waals surface area contributed by atoms with Gasteiger partial charge in [0.05, 0.1) is 15.6 Å². The number of unbranched alkanes of at least 4 members (excludes halogenated alkanes) is 1. The highest BCUT2D eigenvalue weighted by atomic mass is 35.5. The molecule has 1 N–H and O–H groups in total. The van der Waals surface area contributed by atoms with E-state index in [9.17, 15) is 14.9 Å². The molecule has 0 atom stereocenters. The van der Waals surface area contributed by atoms with E-state index < -0.39 is 10.8 Å². The van der Waals surface area contributed by atoms with Crippen LogP contribution in [0.15, 0.2) is 30.0 Å². The molecular formula is C15H17ClN4O3. The van der Waals surface area contributed by atoms with E-state index in [0.717, 1.165) is 18.9 Å². The highest BCUT2D eigenvalue weighted by Crippen LogP contribution is 2.27. The number of non-ortho nitro benzene ring substituents is 1. The first kappa shape index (κ1) is 18.5. The van der Waals surface area contributed by atoms with E-state index >= 15 is 0 Å². The van der Waals surface area contributed by atoms with Gasteiger partial charge in [-0.25, -0.2) is 0 Å². The molecule has 1 aromatic carbocycles. The minimum atomic E-state index is -0.668. The summed E-state index contributed by atoms with van der Waals surface area (Å²) in [6, 6.07) is 5.52. The predicted molar refractivity (Wildman–Crippen MR) is 88.0 cm³/mol. The SMILES string of the molecule is CCCCN(C)/C=C(/C#N)C(=O)Nc1cc([N+](=O)[O-])ccc1Cl. The molecule has 0 radical (unpaired) electrons. The van der Waals surface area contributed by atoms with E-state index in [0.29, 0.717) is 6.54 Å². The molecule has 0 bridgehead atoms. The Balaban J connectivity index is 2.93. The van der Waals surface area contributed by atoms with E-state index in [-0.39, 0.29) is 22.0 Å². The van der Waals surface area contributed by atoms with Crippen molar-refractivity contribution < 1.29 is 9.72 Å². The molecule has 1 rings (SSSR count). The maximum absolute atomic E-state index is 12.1. The normalized spacial score (nSPS) is 10.8. The summed E-state index contributed by atoms with van der Waals surface area (Å²) >= 11 is 5.92. The van der Waals surface area contributed by atoms with Crippen molar-refractivity contribution in [2.45, 2.75) is 19.8 Å². The third-order valence-corrected chi connectivity index (χ3v) is 3.32. The van der Waals surface area contributed by atoms with Gasteiger partial charge in [0.25, 0.3) is 11.6 Å². The Bertz CT molecular complexity index is 667. The molecule has 1 amide bonds. The lowest BCUT2D eigenvalue weighted by Gasteiger charge is -2.14. The number of carbonyl (C=O) groups is 1. The number of carbonyl (C=O) groups excluding carboxylic acids is 1. The van der Waals surface area contributed by atoms with Crippen molar-refractivity contribution in [2.75, 3.05) is 18.9 Å². The Labute approximate surface area is 139 Å². The summed E-state index contributed by atoms with van der Waals surface area (Å²) < 4.78 is 0. The van der Waals surface area contributed by atoms with Crippen LogP contribution in [0.1, 0.15) is 19.8 Å². The van der Waals surface area contributed by atoms with Gasteiger partial charge >= 0.3 is 0 Å². The zero-order valence-corrected chi connectivity index (χ0v) is 13.6. The molecule has 0 heterocycles. The minimum absolute atomic E-state index is 0.0863. The number of hydrogen-bond acceptors (Lipinski definition) is 5. The molecule has 0 saturated heterocycles. The first-order valence-electron chi connectivity index (χ1n) is 6.96. The monoisotopic (exact) mass is 336 g/mol. The Morgan fingerprint density at radius 3 is 2.83 bits per heavy atom. The van der Waals surface area contributed by atoms with E-state index in [4.69, 9.17) is 16.9 Å². The number of nitro benzene ring substituents is 1. The fourth-order valence-corrected chi connectivity index (χ4v) is 1.91. The second-order valence-corrected chi connectivity index (χ2v) is 5.27. The minimum Gasteiger partial charge on any atom is -0.379 e. The van der Waals surface area contributed by atoms with Crippen molar-refractivity contribution in [3.05, 3.63) is 45.1 Å². The summed E-state index contributed by atoms with van der Waals surface area (Å²) in [4.78, 5) is 24.0. The van der Waals surface area contributed by atoms with Crippen LogP contribution < -0.4 is 5.32 Å². The van der Waals surface area contributed by atoms with Gasteiger partial charge in [0.2, 0.25) is 0 Å². The van der Waals surface area contributed by atoms with Crippen LogP contribution >= 0.6 is 11.6 Å². The Hall–Kier alpha value is -2.59. The van der Waals surface area contributed by atoms with Gasteiger partial charge in [0.1, 0.15) is 11.6 Å². The molecule has 23 heavy (non-hydrogen) atoms. The Morgan fingerprint density at radius 1 is 1.57 bits per heavy atom. The maximum Gasteiger partial charge on any atom is 0.271 e. The molecule has 0 aromatic heterocycles. The lowest BCUT2D eigenvalue weighted by atomic mass is 10.2. The predicted octanol–water partition coefficient (Wildman–Crippen LogP) is 3.33. The van der Waals surface area contributed by atoms with Crippen LogP contribution in [0.5, 0.6) is 0 Å². The van der Waals surface area contributed by atoms with Gasteiger partial charge in [-0.1, -0.05) is 24.9 Å². The zero-order valence-electron chi connectivity index (χ0n) is 12.9. The quantitative estimate of drug-likeness (QED) is 0.356. The molecule has 8 heteroatoms. The molecular weight excluding hydrogens is 320 g/mol. The fraction of sp³-hybridized carbons (Fsp3) is 0.333. The third kappa shape index (κ3) is 5.60. The average Bonchev–Trinajstić information content (AvgIpc) is 2.52. The van der Waals surface area contributed by atoms with Gasteiger partial charge < -0.3 is 10.2 Å². The van der Waals surface area contributed by atoms with Gasteiger partial charge in [-0.15, -0.1) is 0 Å². The average molecular weight is 337 g/mol. The molecule has 0 aliphatic heterocycles. The van der Waals surface area contributed by atoms with Gasteiger partial charge in [0, 0.05) is 31.9 Å². The second-order valence-electron chi connectivity index (χ2n) is 4.86. The number of benzene rings is 1. The Kier molecular flexibility index (Phi) is 7.03. The van der Waals surface area contributed by atoms with Gasteiger partial charge in [-0.2, -0.15) is 5.26 Å². The number of amides is 1. The molecule has 0 saturated carbocycles. The third-order valence-electron chi connectivity index (χ3n) is 2.99. The Morgan fingerprint density at radius 2 is 2.26 bits per heavy atom. The van der Waals surface area contributed by atoms with Gasteiger partial charge in [-0.3, -0.25) is 14.9 Å². The number of nitrogens with zero attached hydrogens (tertiary/aromatic N) is 3. The number of hydrogen-bond donors (Lipinski definition) is 1. The van der Waals surface area contributed by atoms with Crippen molar-refractivity contribution in [3.63, 3.8) is 0 Å². The number of rotatable bonds is 7. The van der Waals surface area contributed by atoms with Crippen LogP contribution in [0.3, 0.4) is 0 Å². The second kappa shape index (κ2) is 8.76. The number of nitriles is 1. The number of nitro groups is 1. The first-order valence-corrected chi connectivity index (χ1v) is 7.34. The van der Waals surface area contributed by atoms with Crippen LogP contribution in [0.2, 0.25) is 5.02 Å². The van der Waals surface area contributed by atoms with E-state index in [1.54, 1.807) is 11.9 Å². The van der Waals surface area contributed by atoms with E-state index in [1.807, 2.05) is 13.0 Å².